The van der Waals surface area contributed by atoms with Crippen LogP contribution in [0.1, 0.15) is 30.4 Å². The molecule has 1 aliphatic rings. The molecule has 2 rings (SSSR count). The van der Waals surface area contributed by atoms with Gasteiger partial charge in [-0.1, -0.05) is 18.2 Å². The number of alkyl halides is 3. The van der Waals surface area contributed by atoms with Crippen LogP contribution in [0.15, 0.2) is 24.3 Å². The number of hydrogen-bond acceptors (Lipinski definition) is 2. The molecule has 0 radical (unpaired) electrons. The van der Waals surface area contributed by atoms with Gasteiger partial charge in [-0.2, -0.15) is 13.2 Å². The van der Waals surface area contributed by atoms with Gasteiger partial charge in [0.05, 0.1) is 5.56 Å². The summed E-state index contributed by atoms with van der Waals surface area (Å²) in [5.41, 5.74) is 5.43. The van der Waals surface area contributed by atoms with E-state index in [1.165, 1.54) is 6.07 Å². The van der Waals surface area contributed by atoms with E-state index in [1.54, 1.807) is 12.1 Å². The molecule has 0 bridgehead atoms. The maximum atomic E-state index is 13.0. The van der Waals surface area contributed by atoms with Crippen molar-refractivity contribution in [1.29, 1.82) is 0 Å². The first kappa shape index (κ1) is 21.5. The Bertz CT molecular complexity index is 439. The Morgan fingerprint density at radius 3 is 2.50 bits per heavy atom. The number of nitrogens with two attached hydrogens (primary N) is 1. The number of nitrogens with zero attached hydrogens (tertiary/aromatic N) is 1. The van der Waals surface area contributed by atoms with Crippen LogP contribution in [0, 0.1) is 5.92 Å². The van der Waals surface area contributed by atoms with Gasteiger partial charge < -0.3 is 5.73 Å². The third-order valence-corrected chi connectivity index (χ3v) is 3.89. The highest BCUT2D eigenvalue weighted by Crippen LogP contribution is 2.33. The first-order valence-electron chi connectivity index (χ1n) is 7.08. The van der Waals surface area contributed by atoms with Crippen molar-refractivity contribution in [2.75, 3.05) is 19.6 Å². The Balaban J connectivity index is 0.00000220. The van der Waals surface area contributed by atoms with Gasteiger partial charge in [-0.05, 0) is 49.9 Å². The third kappa shape index (κ3) is 5.95. The Morgan fingerprint density at radius 2 is 1.86 bits per heavy atom. The van der Waals surface area contributed by atoms with Crippen LogP contribution in [-0.2, 0) is 12.7 Å². The second kappa shape index (κ2) is 9.60. The van der Waals surface area contributed by atoms with Crippen LogP contribution in [-0.4, -0.2) is 24.5 Å². The number of benzene rings is 1. The predicted molar refractivity (Wildman–Crippen MR) is 87.6 cm³/mol. The molecular formula is C15H23Cl2F3N2. The molecule has 1 aromatic carbocycles. The van der Waals surface area contributed by atoms with E-state index in [0.717, 1.165) is 38.4 Å². The van der Waals surface area contributed by atoms with Crippen LogP contribution in [0.5, 0.6) is 0 Å². The lowest BCUT2D eigenvalue weighted by Gasteiger charge is -2.33. The van der Waals surface area contributed by atoms with Crippen molar-refractivity contribution < 1.29 is 13.2 Å². The normalized spacial score (nSPS) is 19.2. The predicted octanol–water partition coefficient (Wildman–Crippen LogP) is 4.11. The van der Waals surface area contributed by atoms with E-state index in [0.29, 0.717) is 24.6 Å². The fourth-order valence-electron chi connectivity index (χ4n) is 2.94. The number of rotatable bonds is 4. The molecule has 1 atom stereocenters. The molecule has 2 N–H and O–H groups in total. The summed E-state index contributed by atoms with van der Waals surface area (Å²) in [6.07, 6.45) is -1.14. The highest BCUT2D eigenvalue weighted by molar-refractivity contribution is 5.85. The summed E-state index contributed by atoms with van der Waals surface area (Å²) in [4.78, 5) is 2.12. The van der Waals surface area contributed by atoms with Gasteiger partial charge in [0.25, 0.3) is 0 Å². The molecule has 1 unspecified atom stereocenters. The maximum Gasteiger partial charge on any atom is 0.416 e. The van der Waals surface area contributed by atoms with E-state index >= 15 is 0 Å². The monoisotopic (exact) mass is 358 g/mol. The van der Waals surface area contributed by atoms with Crippen LogP contribution < -0.4 is 5.73 Å². The molecule has 0 saturated carbocycles. The largest absolute Gasteiger partial charge is 0.416 e. The van der Waals surface area contributed by atoms with E-state index in [4.69, 9.17) is 5.73 Å². The molecule has 0 spiro atoms. The van der Waals surface area contributed by atoms with Gasteiger partial charge in [-0.15, -0.1) is 24.8 Å². The minimum Gasteiger partial charge on any atom is -0.330 e. The molecule has 1 fully saturated rings. The summed E-state index contributed by atoms with van der Waals surface area (Å²) >= 11 is 0. The molecular weight excluding hydrogens is 336 g/mol. The zero-order chi connectivity index (χ0) is 14.6. The number of halogens is 5. The molecule has 1 heterocycles. The van der Waals surface area contributed by atoms with Crippen molar-refractivity contribution in [3.63, 3.8) is 0 Å². The van der Waals surface area contributed by atoms with E-state index in [9.17, 15) is 13.2 Å². The smallest absolute Gasteiger partial charge is 0.330 e. The van der Waals surface area contributed by atoms with Gasteiger partial charge in [0, 0.05) is 13.1 Å². The zero-order valence-corrected chi connectivity index (χ0v) is 13.9. The van der Waals surface area contributed by atoms with E-state index in [-0.39, 0.29) is 24.8 Å². The van der Waals surface area contributed by atoms with Crippen molar-refractivity contribution in [2.24, 2.45) is 11.7 Å². The first-order chi connectivity index (χ1) is 9.50. The highest BCUT2D eigenvalue weighted by Gasteiger charge is 2.33. The summed E-state index contributed by atoms with van der Waals surface area (Å²) in [7, 11) is 0. The molecule has 0 aromatic heterocycles. The number of likely N-dealkylation sites (tertiary alicyclic amines) is 1. The third-order valence-electron chi connectivity index (χ3n) is 3.89. The van der Waals surface area contributed by atoms with E-state index in [1.807, 2.05) is 0 Å². The van der Waals surface area contributed by atoms with Gasteiger partial charge in [-0.25, -0.2) is 0 Å². The Morgan fingerprint density at radius 1 is 1.18 bits per heavy atom. The average Bonchev–Trinajstić information content (AvgIpc) is 2.39. The zero-order valence-electron chi connectivity index (χ0n) is 12.3. The van der Waals surface area contributed by atoms with Gasteiger partial charge in [0.1, 0.15) is 0 Å². The van der Waals surface area contributed by atoms with E-state index in [2.05, 4.69) is 4.90 Å². The minimum absolute atomic E-state index is 0. The number of piperidine rings is 1. The molecule has 7 heteroatoms. The van der Waals surface area contributed by atoms with Crippen LogP contribution in [0.25, 0.3) is 0 Å². The summed E-state index contributed by atoms with van der Waals surface area (Å²) in [5, 5.41) is 0. The molecule has 1 saturated heterocycles. The van der Waals surface area contributed by atoms with Crippen molar-refractivity contribution in [1.82, 2.24) is 4.90 Å². The Hall–Kier alpha value is -0.490. The lowest BCUT2D eigenvalue weighted by Crippen LogP contribution is -2.36. The van der Waals surface area contributed by atoms with Crippen molar-refractivity contribution in [2.45, 2.75) is 32.0 Å². The molecule has 128 valence electrons. The highest BCUT2D eigenvalue weighted by atomic mass is 35.5. The lowest BCUT2D eigenvalue weighted by molar-refractivity contribution is -0.138. The van der Waals surface area contributed by atoms with Crippen molar-refractivity contribution >= 4 is 24.8 Å². The van der Waals surface area contributed by atoms with Crippen LogP contribution >= 0.6 is 24.8 Å². The molecule has 1 aliphatic heterocycles. The average molecular weight is 359 g/mol. The molecule has 1 aromatic rings. The summed E-state index contributed by atoms with van der Waals surface area (Å²) in [6, 6.07) is 5.86. The fraction of sp³-hybridized carbons (Fsp3) is 0.600. The second-order valence-corrected chi connectivity index (χ2v) is 5.48. The van der Waals surface area contributed by atoms with Crippen LogP contribution in [0.3, 0.4) is 0 Å². The van der Waals surface area contributed by atoms with Crippen molar-refractivity contribution in [3.05, 3.63) is 35.4 Å². The minimum atomic E-state index is -4.27. The number of hydrogen-bond donors (Lipinski definition) is 1. The summed E-state index contributed by atoms with van der Waals surface area (Å²) < 4.78 is 38.9. The molecule has 22 heavy (non-hydrogen) atoms. The van der Waals surface area contributed by atoms with E-state index < -0.39 is 11.7 Å². The quantitative estimate of drug-likeness (QED) is 0.877. The molecule has 2 nitrogen and oxygen atoms in total. The molecule has 0 amide bonds. The summed E-state index contributed by atoms with van der Waals surface area (Å²) in [6.45, 7) is 2.74. The van der Waals surface area contributed by atoms with Crippen molar-refractivity contribution in [3.8, 4) is 0 Å². The van der Waals surface area contributed by atoms with Crippen LogP contribution in [0.4, 0.5) is 13.2 Å². The second-order valence-electron chi connectivity index (χ2n) is 5.48. The Labute approximate surface area is 142 Å². The van der Waals surface area contributed by atoms with Gasteiger partial charge in [0.2, 0.25) is 0 Å². The first-order valence-corrected chi connectivity index (χ1v) is 7.08. The maximum absolute atomic E-state index is 13.0. The SMILES string of the molecule is Cl.Cl.NCCC1CCCN(Cc2ccccc2C(F)(F)F)C1. The lowest BCUT2D eigenvalue weighted by atomic mass is 9.94. The summed E-state index contributed by atoms with van der Waals surface area (Å²) in [5.74, 6) is 0.520. The van der Waals surface area contributed by atoms with Gasteiger partial charge in [0.15, 0.2) is 0 Å². The Kier molecular flexibility index (Phi) is 9.39. The molecule has 0 aliphatic carbocycles. The fourth-order valence-corrected chi connectivity index (χ4v) is 2.94. The topological polar surface area (TPSA) is 29.3 Å². The van der Waals surface area contributed by atoms with Gasteiger partial charge in [-0.3, -0.25) is 4.90 Å². The standard InChI is InChI=1S/C15H21F3N2.2ClH/c16-15(17,18)14-6-2-1-5-13(14)11-20-9-3-4-12(10-20)7-8-19;;/h1-2,5-6,12H,3-4,7-11,19H2;2*1H. The van der Waals surface area contributed by atoms with Crippen LogP contribution in [0.2, 0.25) is 0 Å². The van der Waals surface area contributed by atoms with Gasteiger partial charge >= 0.3 is 6.18 Å².